The van der Waals surface area contributed by atoms with E-state index in [-0.39, 0.29) is 17.6 Å². The van der Waals surface area contributed by atoms with Gasteiger partial charge in [-0.05, 0) is 24.8 Å². The van der Waals surface area contributed by atoms with Crippen LogP contribution >= 0.6 is 0 Å². The molecule has 4 rings (SSSR count). The summed E-state index contributed by atoms with van der Waals surface area (Å²) in [5, 5.41) is 2.96. The van der Waals surface area contributed by atoms with E-state index in [1.54, 1.807) is 19.5 Å². The monoisotopic (exact) mass is 361 g/mol. The van der Waals surface area contributed by atoms with E-state index >= 15 is 0 Å². The zero-order valence-corrected chi connectivity index (χ0v) is 15.3. The smallest absolute Gasteiger partial charge is 0.239 e. The number of ether oxygens (including phenoxy) is 2. The van der Waals surface area contributed by atoms with E-state index in [1.807, 2.05) is 6.07 Å². The molecule has 3 aliphatic rings. The molecular weight excluding hydrogens is 334 g/mol. The molecule has 1 aliphatic carbocycles. The SMILES string of the molecule is COCCNC(=O)C1COC2(CN(c3ncccn3)C2)CN1CC1CC1. The predicted molar refractivity (Wildman–Crippen MR) is 95.9 cm³/mol. The topological polar surface area (TPSA) is 79.8 Å². The quantitative estimate of drug-likeness (QED) is 0.680. The van der Waals surface area contributed by atoms with Crippen molar-refractivity contribution in [2.24, 2.45) is 5.92 Å². The van der Waals surface area contributed by atoms with Gasteiger partial charge in [-0.3, -0.25) is 9.69 Å². The number of carbonyl (C=O) groups is 1. The Morgan fingerprint density at radius 3 is 2.81 bits per heavy atom. The highest BCUT2D eigenvalue weighted by atomic mass is 16.5. The average Bonchev–Trinajstić information content (AvgIpc) is 3.44. The Kier molecular flexibility index (Phi) is 5.06. The molecule has 1 saturated carbocycles. The number of morpholine rings is 1. The van der Waals surface area contributed by atoms with Crippen LogP contribution < -0.4 is 10.2 Å². The Balaban J connectivity index is 1.37. The third kappa shape index (κ3) is 3.82. The first-order chi connectivity index (χ1) is 12.7. The second-order valence-electron chi connectivity index (χ2n) is 7.57. The number of rotatable bonds is 7. The highest BCUT2D eigenvalue weighted by Gasteiger charge is 2.51. The Labute approximate surface area is 153 Å². The van der Waals surface area contributed by atoms with Gasteiger partial charge in [-0.1, -0.05) is 0 Å². The zero-order valence-electron chi connectivity index (χ0n) is 15.3. The summed E-state index contributed by atoms with van der Waals surface area (Å²) in [6.45, 7) is 4.82. The largest absolute Gasteiger partial charge is 0.383 e. The highest BCUT2D eigenvalue weighted by molar-refractivity contribution is 5.82. The fourth-order valence-electron chi connectivity index (χ4n) is 3.78. The van der Waals surface area contributed by atoms with Crippen molar-refractivity contribution in [1.29, 1.82) is 0 Å². The van der Waals surface area contributed by atoms with Gasteiger partial charge in [-0.25, -0.2) is 9.97 Å². The van der Waals surface area contributed by atoms with Gasteiger partial charge in [0.15, 0.2) is 0 Å². The minimum Gasteiger partial charge on any atom is -0.383 e. The highest BCUT2D eigenvalue weighted by Crippen LogP contribution is 2.36. The summed E-state index contributed by atoms with van der Waals surface area (Å²) >= 11 is 0. The van der Waals surface area contributed by atoms with Crippen LogP contribution in [0.4, 0.5) is 5.95 Å². The Morgan fingerprint density at radius 2 is 2.12 bits per heavy atom. The van der Waals surface area contributed by atoms with Crippen LogP contribution in [0.2, 0.25) is 0 Å². The molecule has 1 amide bonds. The van der Waals surface area contributed by atoms with Crippen LogP contribution in [0.1, 0.15) is 12.8 Å². The molecule has 0 bridgehead atoms. The molecule has 142 valence electrons. The number of carbonyl (C=O) groups excluding carboxylic acids is 1. The normalized spacial score (nSPS) is 25.1. The fraction of sp³-hybridized carbons (Fsp3) is 0.722. The molecule has 0 aromatic carbocycles. The Hall–Kier alpha value is -1.77. The zero-order chi connectivity index (χ0) is 18.0. The molecule has 1 N–H and O–H groups in total. The molecule has 1 spiro atoms. The fourth-order valence-corrected chi connectivity index (χ4v) is 3.78. The molecule has 1 aromatic rings. The average molecular weight is 361 g/mol. The number of aromatic nitrogens is 2. The molecule has 1 atom stereocenters. The number of anilines is 1. The summed E-state index contributed by atoms with van der Waals surface area (Å²) in [7, 11) is 1.64. The van der Waals surface area contributed by atoms with E-state index in [0.717, 1.165) is 38.0 Å². The van der Waals surface area contributed by atoms with Crippen LogP contribution in [-0.2, 0) is 14.3 Å². The van der Waals surface area contributed by atoms with Gasteiger partial charge in [-0.15, -0.1) is 0 Å². The van der Waals surface area contributed by atoms with E-state index in [1.165, 1.54) is 12.8 Å². The lowest BCUT2D eigenvalue weighted by Gasteiger charge is -2.55. The van der Waals surface area contributed by atoms with Crippen molar-refractivity contribution in [3.8, 4) is 0 Å². The number of amides is 1. The van der Waals surface area contributed by atoms with Crippen molar-refractivity contribution in [1.82, 2.24) is 20.2 Å². The summed E-state index contributed by atoms with van der Waals surface area (Å²) in [5.74, 6) is 1.52. The molecule has 8 nitrogen and oxygen atoms in total. The lowest BCUT2D eigenvalue weighted by molar-refractivity contribution is -0.162. The van der Waals surface area contributed by atoms with E-state index < -0.39 is 0 Å². The van der Waals surface area contributed by atoms with Gasteiger partial charge in [0, 0.05) is 39.1 Å². The van der Waals surface area contributed by atoms with Crippen molar-refractivity contribution in [3.63, 3.8) is 0 Å². The summed E-state index contributed by atoms with van der Waals surface area (Å²) in [6.07, 6.45) is 6.06. The number of nitrogens with zero attached hydrogens (tertiary/aromatic N) is 4. The van der Waals surface area contributed by atoms with Gasteiger partial charge in [0.05, 0.1) is 26.3 Å². The molecule has 26 heavy (non-hydrogen) atoms. The van der Waals surface area contributed by atoms with Gasteiger partial charge in [0.2, 0.25) is 11.9 Å². The van der Waals surface area contributed by atoms with E-state index in [4.69, 9.17) is 9.47 Å². The van der Waals surface area contributed by atoms with Crippen LogP contribution in [0.3, 0.4) is 0 Å². The van der Waals surface area contributed by atoms with E-state index in [0.29, 0.717) is 19.8 Å². The third-order valence-electron chi connectivity index (χ3n) is 5.37. The molecular formula is C18H27N5O3. The molecule has 3 fully saturated rings. The molecule has 0 radical (unpaired) electrons. The third-order valence-corrected chi connectivity index (χ3v) is 5.37. The van der Waals surface area contributed by atoms with Crippen molar-refractivity contribution in [2.45, 2.75) is 24.5 Å². The van der Waals surface area contributed by atoms with Crippen molar-refractivity contribution in [2.75, 3.05) is 57.9 Å². The van der Waals surface area contributed by atoms with Crippen molar-refractivity contribution < 1.29 is 14.3 Å². The van der Waals surface area contributed by atoms with Crippen molar-refractivity contribution >= 4 is 11.9 Å². The molecule has 1 unspecified atom stereocenters. The maximum Gasteiger partial charge on any atom is 0.239 e. The van der Waals surface area contributed by atoms with Crippen LogP contribution in [0.15, 0.2) is 18.5 Å². The maximum absolute atomic E-state index is 12.6. The molecule has 2 aliphatic heterocycles. The van der Waals surface area contributed by atoms with E-state index in [9.17, 15) is 4.79 Å². The van der Waals surface area contributed by atoms with Crippen LogP contribution in [0.25, 0.3) is 0 Å². The predicted octanol–water partition coefficient (Wildman–Crippen LogP) is -0.0912. The minimum absolute atomic E-state index is 0.0418. The minimum atomic E-state index is -0.211. The number of nitrogens with one attached hydrogen (secondary N) is 1. The molecule has 2 saturated heterocycles. The standard InChI is InChI=1S/C18H27N5O3/c1-25-8-7-19-16(24)15-10-26-18(11-22(15)9-14-3-4-14)12-23(13-18)17-20-5-2-6-21-17/h2,5-6,14-15H,3-4,7-13H2,1H3,(H,19,24). The summed E-state index contributed by atoms with van der Waals surface area (Å²) in [5.41, 5.74) is -0.211. The second kappa shape index (κ2) is 7.46. The number of hydrogen-bond acceptors (Lipinski definition) is 7. The van der Waals surface area contributed by atoms with Gasteiger partial charge < -0.3 is 19.7 Å². The molecule has 1 aromatic heterocycles. The van der Waals surface area contributed by atoms with Crippen molar-refractivity contribution in [3.05, 3.63) is 18.5 Å². The first-order valence-corrected chi connectivity index (χ1v) is 9.36. The summed E-state index contributed by atoms with van der Waals surface area (Å²) in [6, 6.07) is 1.61. The molecule has 8 heteroatoms. The van der Waals surface area contributed by atoms with E-state index in [2.05, 4.69) is 25.1 Å². The van der Waals surface area contributed by atoms with Crippen LogP contribution in [0, 0.1) is 5.92 Å². The summed E-state index contributed by atoms with van der Waals surface area (Å²) < 4.78 is 11.2. The van der Waals surface area contributed by atoms with Crippen LogP contribution in [0.5, 0.6) is 0 Å². The van der Waals surface area contributed by atoms with Gasteiger partial charge in [0.25, 0.3) is 0 Å². The maximum atomic E-state index is 12.6. The molecule has 3 heterocycles. The first-order valence-electron chi connectivity index (χ1n) is 9.36. The number of hydrogen-bond donors (Lipinski definition) is 1. The van der Waals surface area contributed by atoms with Gasteiger partial charge in [-0.2, -0.15) is 0 Å². The summed E-state index contributed by atoms with van der Waals surface area (Å²) in [4.78, 5) is 25.7. The Bertz CT molecular complexity index is 619. The lowest BCUT2D eigenvalue weighted by atomic mass is 9.90. The second-order valence-corrected chi connectivity index (χ2v) is 7.57. The van der Waals surface area contributed by atoms with Gasteiger partial charge >= 0.3 is 0 Å². The first kappa shape index (κ1) is 17.6. The van der Waals surface area contributed by atoms with Gasteiger partial charge in [0.1, 0.15) is 11.6 Å². The van der Waals surface area contributed by atoms with Crippen LogP contribution in [-0.4, -0.2) is 85.5 Å². The Morgan fingerprint density at radius 1 is 1.35 bits per heavy atom. The lowest BCUT2D eigenvalue weighted by Crippen LogP contribution is -2.73. The number of methoxy groups -OCH3 is 1.